The minimum Gasteiger partial charge on any atom is -0.485 e. The van der Waals surface area contributed by atoms with E-state index in [1.54, 1.807) is 18.2 Å². The number of nitrogens with one attached hydrogen (secondary N) is 1. The number of halogens is 2. The number of aromatic nitrogens is 1. The summed E-state index contributed by atoms with van der Waals surface area (Å²) in [5.74, 6) is -0.528. The van der Waals surface area contributed by atoms with Gasteiger partial charge in [0.05, 0.1) is 5.02 Å². The van der Waals surface area contributed by atoms with Crippen molar-refractivity contribution in [3.63, 3.8) is 0 Å². The Labute approximate surface area is 173 Å². The Balaban J connectivity index is 2.20. The van der Waals surface area contributed by atoms with Gasteiger partial charge in [0.25, 0.3) is 0 Å². The Morgan fingerprint density at radius 1 is 1.28 bits per heavy atom. The van der Waals surface area contributed by atoms with E-state index in [4.69, 9.17) is 26.8 Å². The minimum absolute atomic E-state index is 0.0558. The van der Waals surface area contributed by atoms with Gasteiger partial charge in [-0.25, -0.2) is 14.2 Å². The second kappa shape index (κ2) is 10.1. The van der Waals surface area contributed by atoms with Crippen LogP contribution < -0.4 is 15.8 Å². The van der Waals surface area contributed by atoms with E-state index in [9.17, 15) is 14.0 Å². The van der Waals surface area contributed by atoms with E-state index in [0.717, 1.165) is 0 Å². The molecule has 2 aromatic rings. The SMILES string of the molecule is CC(=O)Nc1cc(-c2cc(F)c(OC[C@H](CC(C)C)OC(N)=O)c(Cl)c2)ccn1. The van der Waals surface area contributed by atoms with Crippen LogP contribution in [0.3, 0.4) is 0 Å². The number of carbonyl (C=O) groups is 2. The van der Waals surface area contributed by atoms with Gasteiger partial charge in [-0.15, -0.1) is 0 Å². The molecule has 1 heterocycles. The van der Waals surface area contributed by atoms with Crippen LogP contribution in [0.5, 0.6) is 5.75 Å². The predicted molar refractivity (Wildman–Crippen MR) is 108 cm³/mol. The second-order valence-electron chi connectivity index (χ2n) is 6.88. The lowest BCUT2D eigenvalue weighted by Crippen LogP contribution is -2.29. The van der Waals surface area contributed by atoms with Crippen molar-refractivity contribution in [1.29, 1.82) is 0 Å². The van der Waals surface area contributed by atoms with Crippen LogP contribution >= 0.6 is 11.6 Å². The van der Waals surface area contributed by atoms with E-state index in [0.29, 0.717) is 23.4 Å². The van der Waals surface area contributed by atoms with Crippen LogP contribution in [0, 0.1) is 11.7 Å². The van der Waals surface area contributed by atoms with Crippen LogP contribution in [-0.4, -0.2) is 29.7 Å². The Kier molecular flexibility index (Phi) is 7.78. The van der Waals surface area contributed by atoms with Crippen molar-refractivity contribution in [2.45, 2.75) is 33.3 Å². The van der Waals surface area contributed by atoms with Crippen molar-refractivity contribution >= 4 is 29.4 Å². The van der Waals surface area contributed by atoms with Crippen LogP contribution in [-0.2, 0) is 9.53 Å². The zero-order valence-electron chi connectivity index (χ0n) is 16.4. The molecule has 0 aliphatic heterocycles. The molecule has 2 amide bonds. The van der Waals surface area contributed by atoms with Crippen molar-refractivity contribution in [3.8, 4) is 16.9 Å². The number of amides is 2. The van der Waals surface area contributed by atoms with Crippen molar-refractivity contribution in [1.82, 2.24) is 4.98 Å². The quantitative estimate of drug-likeness (QED) is 0.655. The van der Waals surface area contributed by atoms with Gasteiger partial charge in [-0.05, 0) is 47.7 Å². The standard InChI is InChI=1S/C20H23ClFN3O4/c1-11(2)6-15(29-20(23)27)10-28-19-16(21)7-14(8-17(19)22)13-4-5-24-18(9-13)25-12(3)26/h4-5,7-9,11,15H,6,10H2,1-3H3,(H2,23,27)(H,24,25,26)/t15-/m0/s1. The van der Waals surface area contributed by atoms with Crippen LogP contribution in [0.4, 0.5) is 15.0 Å². The Morgan fingerprint density at radius 2 is 2.00 bits per heavy atom. The minimum atomic E-state index is -0.922. The van der Waals surface area contributed by atoms with Gasteiger partial charge in [0.15, 0.2) is 11.6 Å². The first-order chi connectivity index (χ1) is 13.7. The Bertz CT molecular complexity index is 869. The van der Waals surface area contributed by atoms with Gasteiger partial charge in [0.2, 0.25) is 5.91 Å². The lowest BCUT2D eigenvalue weighted by Gasteiger charge is -2.20. The van der Waals surface area contributed by atoms with E-state index >= 15 is 0 Å². The molecule has 1 atom stereocenters. The summed E-state index contributed by atoms with van der Waals surface area (Å²) in [4.78, 5) is 26.3. The number of nitrogens with two attached hydrogens (primary N) is 1. The van der Waals surface area contributed by atoms with Gasteiger partial charge in [-0.1, -0.05) is 25.4 Å². The van der Waals surface area contributed by atoms with Gasteiger partial charge in [-0.2, -0.15) is 0 Å². The first-order valence-electron chi connectivity index (χ1n) is 8.97. The normalized spacial score (nSPS) is 11.8. The van der Waals surface area contributed by atoms with E-state index in [1.165, 1.54) is 19.2 Å². The molecule has 0 spiro atoms. The number of anilines is 1. The maximum atomic E-state index is 14.7. The zero-order chi connectivity index (χ0) is 21.6. The molecule has 156 valence electrons. The third-order valence-corrected chi connectivity index (χ3v) is 4.11. The van der Waals surface area contributed by atoms with Crippen LogP contribution in [0.25, 0.3) is 11.1 Å². The van der Waals surface area contributed by atoms with Crippen molar-refractivity contribution in [2.24, 2.45) is 11.7 Å². The Morgan fingerprint density at radius 3 is 2.59 bits per heavy atom. The topological polar surface area (TPSA) is 104 Å². The van der Waals surface area contributed by atoms with Crippen LogP contribution in [0.2, 0.25) is 5.02 Å². The molecule has 0 aliphatic rings. The molecule has 0 bridgehead atoms. The third kappa shape index (κ3) is 6.90. The number of ether oxygens (including phenoxy) is 2. The van der Waals surface area contributed by atoms with Crippen molar-refractivity contribution in [3.05, 3.63) is 41.3 Å². The first kappa shape index (κ1) is 22.4. The molecule has 3 N–H and O–H groups in total. The lowest BCUT2D eigenvalue weighted by molar-refractivity contribution is -0.114. The summed E-state index contributed by atoms with van der Waals surface area (Å²) in [5, 5.41) is 2.62. The largest absolute Gasteiger partial charge is 0.485 e. The molecular formula is C20H23ClFN3O4. The molecule has 1 aromatic heterocycles. The molecule has 29 heavy (non-hydrogen) atoms. The molecule has 7 nitrogen and oxygen atoms in total. The van der Waals surface area contributed by atoms with Crippen LogP contribution in [0.15, 0.2) is 30.5 Å². The molecule has 9 heteroatoms. The third-order valence-electron chi connectivity index (χ3n) is 3.83. The molecule has 1 aromatic carbocycles. The summed E-state index contributed by atoms with van der Waals surface area (Å²) >= 11 is 6.22. The summed E-state index contributed by atoms with van der Waals surface area (Å²) in [6.07, 6.45) is 0.453. The highest BCUT2D eigenvalue weighted by atomic mass is 35.5. The maximum absolute atomic E-state index is 14.7. The number of benzene rings is 1. The van der Waals surface area contributed by atoms with E-state index in [2.05, 4.69) is 10.3 Å². The highest BCUT2D eigenvalue weighted by Crippen LogP contribution is 2.34. The second-order valence-corrected chi connectivity index (χ2v) is 7.29. The Hall–Kier alpha value is -2.87. The van der Waals surface area contributed by atoms with Gasteiger partial charge in [0.1, 0.15) is 18.5 Å². The predicted octanol–water partition coefficient (Wildman–Crippen LogP) is 4.39. The summed E-state index contributed by atoms with van der Waals surface area (Å²) in [6.45, 7) is 5.18. The molecular weight excluding hydrogens is 401 g/mol. The highest BCUT2D eigenvalue weighted by molar-refractivity contribution is 6.32. The molecule has 0 radical (unpaired) electrons. The smallest absolute Gasteiger partial charge is 0.404 e. The molecule has 2 rings (SSSR count). The van der Waals surface area contributed by atoms with Gasteiger partial charge in [-0.3, -0.25) is 4.79 Å². The lowest BCUT2D eigenvalue weighted by atomic mass is 10.1. The van der Waals surface area contributed by atoms with Crippen LogP contribution in [0.1, 0.15) is 27.2 Å². The zero-order valence-corrected chi connectivity index (χ0v) is 17.1. The molecule has 0 saturated carbocycles. The van der Waals surface area contributed by atoms with Gasteiger partial charge >= 0.3 is 6.09 Å². The maximum Gasteiger partial charge on any atom is 0.404 e. The average molecular weight is 424 g/mol. The molecule has 0 saturated heterocycles. The number of hydrogen-bond acceptors (Lipinski definition) is 5. The summed E-state index contributed by atoms with van der Waals surface area (Å²) in [7, 11) is 0. The van der Waals surface area contributed by atoms with E-state index in [1.807, 2.05) is 13.8 Å². The molecule has 0 aliphatic carbocycles. The number of carbonyl (C=O) groups excluding carboxylic acids is 2. The van der Waals surface area contributed by atoms with E-state index in [-0.39, 0.29) is 29.2 Å². The molecule has 0 fully saturated rings. The van der Waals surface area contributed by atoms with Crippen molar-refractivity contribution < 1.29 is 23.5 Å². The fourth-order valence-corrected chi connectivity index (χ4v) is 3.00. The van der Waals surface area contributed by atoms with Gasteiger partial charge in [0, 0.05) is 13.1 Å². The van der Waals surface area contributed by atoms with Crippen molar-refractivity contribution in [2.75, 3.05) is 11.9 Å². The average Bonchev–Trinajstić information content (AvgIpc) is 2.59. The number of rotatable bonds is 8. The summed E-state index contributed by atoms with van der Waals surface area (Å²) in [6, 6.07) is 6.07. The fourth-order valence-electron chi connectivity index (χ4n) is 2.74. The number of nitrogens with zero attached hydrogens (tertiary/aromatic N) is 1. The highest BCUT2D eigenvalue weighted by Gasteiger charge is 2.19. The number of primary amides is 1. The van der Waals surface area contributed by atoms with Gasteiger partial charge < -0.3 is 20.5 Å². The fraction of sp³-hybridized carbons (Fsp3) is 0.350. The van der Waals surface area contributed by atoms with E-state index < -0.39 is 18.0 Å². The first-order valence-corrected chi connectivity index (χ1v) is 9.35. The number of pyridine rings is 1. The summed E-state index contributed by atoms with van der Waals surface area (Å²) in [5.41, 5.74) is 6.18. The molecule has 0 unspecified atom stereocenters. The summed E-state index contributed by atoms with van der Waals surface area (Å²) < 4.78 is 25.2. The number of hydrogen-bond donors (Lipinski definition) is 2. The monoisotopic (exact) mass is 423 g/mol.